The predicted molar refractivity (Wildman–Crippen MR) is 65.1 cm³/mol. The van der Waals surface area contributed by atoms with Crippen LogP contribution in [0.3, 0.4) is 0 Å². The lowest BCUT2D eigenvalue weighted by molar-refractivity contribution is 0.420. The highest BCUT2D eigenvalue weighted by Crippen LogP contribution is 2.15. The maximum Gasteiger partial charge on any atom is 0.156 e. The molecule has 1 unspecified atom stereocenters. The lowest BCUT2D eigenvalue weighted by atomic mass is 10.2. The number of nitrogens with zero attached hydrogens (tertiary/aromatic N) is 2. The van der Waals surface area contributed by atoms with E-state index in [1.54, 1.807) is 0 Å². The summed E-state index contributed by atoms with van der Waals surface area (Å²) in [5, 5.41) is 4.61. The molecule has 1 heterocycles. The Balaban J connectivity index is 2.28. The Labute approximate surface area is 91.3 Å². The molecule has 4 heteroatoms. The summed E-state index contributed by atoms with van der Waals surface area (Å²) in [6, 6.07) is 0.648. The summed E-state index contributed by atoms with van der Waals surface area (Å²) < 4.78 is 0. The highest BCUT2D eigenvalue weighted by molar-refractivity contribution is 8.13. The van der Waals surface area contributed by atoms with E-state index in [-0.39, 0.29) is 0 Å². The summed E-state index contributed by atoms with van der Waals surface area (Å²) >= 11 is 1.85. The van der Waals surface area contributed by atoms with Crippen molar-refractivity contribution in [2.75, 3.05) is 32.9 Å². The minimum Gasteiger partial charge on any atom is -0.362 e. The second-order valence-corrected chi connectivity index (χ2v) is 4.96. The number of rotatable bonds is 4. The molecule has 0 aromatic rings. The van der Waals surface area contributed by atoms with Crippen LogP contribution in [0.25, 0.3) is 0 Å². The topological polar surface area (TPSA) is 27.6 Å². The summed E-state index contributed by atoms with van der Waals surface area (Å²) in [6.07, 6.45) is 2.47. The number of hydrogen-bond acceptors (Lipinski definition) is 3. The Morgan fingerprint density at radius 1 is 1.57 bits per heavy atom. The van der Waals surface area contributed by atoms with Crippen LogP contribution in [0.15, 0.2) is 4.99 Å². The van der Waals surface area contributed by atoms with Crippen molar-refractivity contribution in [1.82, 2.24) is 10.2 Å². The van der Waals surface area contributed by atoms with Gasteiger partial charge >= 0.3 is 0 Å². The van der Waals surface area contributed by atoms with Crippen molar-refractivity contribution in [1.29, 1.82) is 0 Å². The van der Waals surface area contributed by atoms with E-state index in [1.165, 1.54) is 18.6 Å². The van der Waals surface area contributed by atoms with Gasteiger partial charge in [-0.3, -0.25) is 4.99 Å². The molecule has 1 fully saturated rings. The largest absolute Gasteiger partial charge is 0.362 e. The van der Waals surface area contributed by atoms with Gasteiger partial charge in [0.15, 0.2) is 5.17 Å². The summed E-state index contributed by atoms with van der Waals surface area (Å²) in [5.41, 5.74) is 0. The van der Waals surface area contributed by atoms with E-state index in [2.05, 4.69) is 36.2 Å². The van der Waals surface area contributed by atoms with Gasteiger partial charge in [-0.1, -0.05) is 18.7 Å². The number of nitrogens with one attached hydrogen (secondary N) is 1. The molecule has 0 bridgehead atoms. The molecular weight excluding hydrogens is 194 g/mol. The Morgan fingerprint density at radius 3 is 3.00 bits per heavy atom. The van der Waals surface area contributed by atoms with Crippen LogP contribution in [-0.4, -0.2) is 49.0 Å². The standard InChI is InChI=1S/C10H21N3S/c1-4-9-5-8-14-10(12-9)11-6-7-13(2)3/h9H,4-8H2,1-3H3,(H,11,12). The second-order valence-electron chi connectivity index (χ2n) is 3.88. The first kappa shape index (κ1) is 11.9. The van der Waals surface area contributed by atoms with Crippen LogP contribution in [0.4, 0.5) is 0 Å². The monoisotopic (exact) mass is 215 g/mol. The lowest BCUT2D eigenvalue weighted by Crippen LogP contribution is -2.37. The van der Waals surface area contributed by atoms with E-state index in [9.17, 15) is 0 Å². The molecular formula is C10H21N3S. The van der Waals surface area contributed by atoms with Crippen LogP contribution in [0.2, 0.25) is 0 Å². The Hall–Kier alpha value is -0.220. The van der Waals surface area contributed by atoms with E-state index in [0.717, 1.165) is 18.3 Å². The third-order valence-electron chi connectivity index (χ3n) is 2.33. The van der Waals surface area contributed by atoms with Crippen LogP contribution >= 0.6 is 11.8 Å². The molecule has 0 spiro atoms. The summed E-state index contributed by atoms with van der Waals surface area (Å²) in [4.78, 5) is 6.71. The zero-order chi connectivity index (χ0) is 10.4. The van der Waals surface area contributed by atoms with Gasteiger partial charge < -0.3 is 10.2 Å². The van der Waals surface area contributed by atoms with E-state index < -0.39 is 0 Å². The number of aliphatic imine (C=N–C) groups is 1. The van der Waals surface area contributed by atoms with Gasteiger partial charge in [-0.25, -0.2) is 0 Å². The van der Waals surface area contributed by atoms with Crippen molar-refractivity contribution in [3.8, 4) is 0 Å². The fourth-order valence-corrected chi connectivity index (χ4v) is 2.36. The summed E-state index contributed by atoms with van der Waals surface area (Å²) in [5.74, 6) is 1.21. The molecule has 1 atom stereocenters. The van der Waals surface area contributed by atoms with Crippen LogP contribution in [-0.2, 0) is 0 Å². The van der Waals surface area contributed by atoms with Crippen LogP contribution in [0, 0.1) is 0 Å². The fourth-order valence-electron chi connectivity index (χ4n) is 1.34. The zero-order valence-electron chi connectivity index (χ0n) is 9.42. The minimum atomic E-state index is 0.648. The zero-order valence-corrected chi connectivity index (χ0v) is 10.2. The predicted octanol–water partition coefficient (Wildman–Crippen LogP) is 1.41. The molecule has 82 valence electrons. The van der Waals surface area contributed by atoms with Gasteiger partial charge in [-0.2, -0.15) is 0 Å². The van der Waals surface area contributed by atoms with Gasteiger partial charge in [0, 0.05) is 18.3 Å². The normalized spacial score (nSPS) is 25.4. The smallest absolute Gasteiger partial charge is 0.156 e. The van der Waals surface area contributed by atoms with E-state index in [0.29, 0.717) is 6.04 Å². The van der Waals surface area contributed by atoms with Gasteiger partial charge in [-0.05, 0) is 26.9 Å². The first-order valence-electron chi connectivity index (χ1n) is 5.31. The molecule has 1 rings (SSSR count). The number of amidine groups is 1. The molecule has 0 aromatic carbocycles. The van der Waals surface area contributed by atoms with Crippen LogP contribution < -0.4 is 5.32 Å². The van der Waals surface area contributed by atoms with Gasteiger partial charge in [0.2, 0.25) is 0 Å². The van der Waals surface area contributed by atoms with Crippen molar-refractivity contribution in [3.05, 3.63) is 0 Å². The van der Waals surface area contributed by atoms with E-state index in [1.807, 2.05) is 11.8 Å². The van der Waals surface area contributed by atoms with Crippen molar-refractivity contribution in [2.24, 2.45) is 4.99 Å². The maximum atomic E-state index is 4.55. The molecule has 1 saturated heterocycles. The van der Waals surface area contributed by atoms with E-state index >= 15 is 0 Å². The van der Waals surface area contributed by atoms with Gasteiger partial charge in [0.25, 0.3) is 0 Å². The van der Waals surface area contributed by atoms with Crippen molar-refractivity contribution >= 4 is 16.9 Å². The molecule has 0 amide bonds. The van der Waals surface area contributed by atoms with Crippen molar-refractivity contribution in [3.63, 3.8) is 0 Å². The molecule has 1 aliphatic heterocycles. The van der Waals surface area contributed by atoms with Gasteiger partial charge in [0.05, 0.1) is 6.54 Å². The highest BCUT2D eigenvalue weighted by atomic mass is 32.2. The van der Waals surface area contributed by atoms with Crippen LogP contribution in [0.1, 0.15) is 19.8 Å². The molecule has 0 aromatic heterocycles. The quantitative estimate of drug-likeness (QED) is 0.768. The third kappa shape index (κ3) is 4.33. The Kier molecular flexibility index (Phi) is 5.33. The number of likely N-dealkylation sites (N-methyl/N-ethyl adjacent to an activating group) is 1. The number of hydrogen-bond donors (Lipinski definition) is 1. The highest BCUT2D eigenvalue weighted by Gasteiger charge is 2.14. The van der Waals surface area contributed by atoms with Crippen LogP contribution in [0.5, 0.6) is 0 Å². The molecule has 1 N–H and O–H groups in total. The first-order chi connectivity index (χ1) is 6.72. The average molecular weight is 215 g/mol. The molecule has 14 heavy (non-hydrogen) atoms. The van der Waals surface area contributed by atoms with Crippen molar-refractivity contribution in [2.45, 2.75) is 25.8 Å². The fraction of sp³-hybridized carbons (Fsp3) is 0.900. The molecule has 0 saturated carbocycles. The molecule has 0 aliphatic carbocycles. The van der Waals surface area contributed by atoms with Gasteiger partial charge in [-0.15, -0.1) is 0 Å². The van der Waals surface area contributed by atoms with Crippen molar-refractivity contribution < 1.29 is 0 Å². The maximum absolute atomic E-state index is 4.55. The molecule has 0 radical (unpaired) electrons. The molecule has 3 nitrogen and oxygen atoms in total. The second kappa shape index (κ2) is 6.30. The first-order valence-corrected chi connectivity index (χ1v) is 6.29. The average Bonchev–Trinajstić information content (AvgIpc) is 2.18. The summed E-state index contributed by atoms with van der Waals surface area (Å²) in [6.45, 7) is 4.16. The minimum absolute atomic E-state index is 0.648. The van der Waals surface area contributed by atoms with Gasteiger partial charge in [0.1, 0.15) is 0 Å². The summed E-state index contributed by atoms with van der Waals surface area (Å²) in [7, 11) is 4.16. The Morgan fingerprint density at radius 2 is 2.36 bits per heavy atom. The number of thioether (sulfide) groups is 1. The SMILES string of the molecule is CCC1CCSC(=NCCN(C)C)N1. The lowest BCUT2D eigenvalue weighted by Gasteiger charge is -2.24. The Bertz CT molecular complexity index is 192. The molecule has 1 aliphatic rings. The third-order valence-corrected chi connectivity index (χ3v) is 3.29. The van der Waals surface area contributed by atoms with E-state index in [4.69, 9.17) is 0 Å².